The molecule has 18 heavy (non-hydrogen) atoms. The molecule has 0 saturated carbocycles. The summed E-state index contributed by atoms with van der Waals surface area (Å²) in [6, 6.07) is 3.35. The minimum absolute atomic E-state index is 0.00427. The molecule has 1 aromatic rings. The fourth-order valence-corrected chi connectivity index (χ4v) is 1.26. The van der Waals surface area contributed by atoms with Gasteiger partial charge >= 0.3 is 12.0 Å². The fourth-order valence-electron chi connectivity index (χ4n) is 1.26. The number of carbonyl (C=O) groups excluding carboxylic acids is 1. The van der Waals surface area contributed by atoms with Crippen LogP contribution in [0.5, 0.6) is 5.75 Å². The maximum Gasteiger partial charge on any atom is 0.337 e. The minimum Gasteiger partial charge on any atom is -0.508 e. The number of phenols is 1. The van der Waals surface area contributed by atoms with Gasteiger partial charge in [-0.05, 0) is 32.0 Å². The number of phenolic OH excluding ortho intramolecular Hbond substituents is 1. The lowest BCUT2D eigenvalue weighted by Crippen LogP contribution is -2.36. The molecule has 1 rings (SSSR count). The molecule has 0 saturated heterocycles. The first-order chi connectivity index (χ1) is 8.32. The number of rotatable bonds is 3. The highest BCUT2D eigenvalue weighted by Gasteiger charge is 2.16. The van der Waals surface area contributed by atoms with Crippen LogP contribution in [-0.2, 0) is 0 Å². The molecule has 0 atom stereocenters. The molecule has 0 aliphatic heterocycles. The first kappa shape index (κ1) is 13.8. The van der Waals surface area contributed by atoms with E-state index in [9.17, 15) is 14.7 Å². The first-order valence-corrected chi connectivity index (χ1v) is 5.43. The topological polar surface area (TPSA) is 89.9 Å². The van der Waals surface area contributed by atoms with E-state index in [2.05, 4.69) is 5.32 Å². The first-order valence-electron chi connectivity index (χ1n) is 5.43. The van der Waals surface area contributed by atoms with Crippen molar-refractivity contribution in [1.29, 1.82) is 0 Å². The van der Waals surface area contributed by atoms with Crippen molar-refractivity contribution in [2.75, 3.05) is 12.4 Å². The van der Waals surface area contributed by atoms with E-state index >= 15 is 0 Å². The number of carboxylic acid groups (broad SMARTS) is 1. The Kier molecular flexibility index (Phi) is 4.14. The molecule has 2 amide bonds. The van der Waals surface area contributed by atoms with E-state index in [1.165, 1.54) is 17.0 Å². The van der Waals surface area contributed by atoms with Gasteiger partial charge in [-0.1, -0.05) is 0 Å². The van der Waals surface area contributed by atoms with Crippen LogP contribution in [0.1, 0.15) is 24.2 Å². The van der Waals surface area contributed by atoms with Gasteiger partial charge in [-0.15, -0.1) is 0 Å². The van der Waals surface area contributed by atoms with Gasteiger partial charge in [0.15, 0.2) is 0 Å². The Morgan fingerprint density at radius 3 is 2.44 bits per heavy atom. The summed E-state index contributed by atoms with van der Waals surface area (Å²) in [5.74, 6) is -1.38. The summed E-state index contributed by atoms with van der Waals surface area (Å²) in [6.07, 6.45) is 0. The van der Waals surface area contributed by atoms with Crippen molar-refractivity contribution in [3.63, 3.8) is 0 Å². The Morgan fingerprint density at radius 2 is 1.94 bits per heavy atom. The number of nitrogens with zero attached hydrogens (tertiary/aromatic N) is 1. The molecule has 0 spiro atoms. The predicted octanol–water partition coefficient (Wildman–Crippen LogP) is 1.96. The van der Waals surface area contributed by atoms with Crippen LogP contribution in [0.3, 0.4) is 0 Å². The molecule has 0 aliphatic rings. The molecular formula is C12H16N2O4. The third kappa shape index (κ3) is 3.13. The zero-order valence-corrected chi connectivity index (χ0v) is 10.5. The van der Waals surface area contributed by atoms with Crippen LogP contribution in [0.25, 0.3) is 0 Å². The van der Waals surface area contributed by atoms with Gasteiger partial charge < -0.3 is 20.4 Å². The molecule has 0 heterocycles. The van der Waals surface area contributed by atoms with E-state index in [1.54, 1.807) is 7.05 Å². The Balaban J connectivity index is 2.98. The molecule has 6 heteroatoms. The van der Waals surface area contributed by atoms with E-state index in [4.69, 9.17) is 5.11 Å². The van der Waals surface area contributed by atoms with Crippen LogP contribution < -0.4 is 5.32 Å². The highest BCUT2D eigenvalue weighted by Crippen LogP contribution is 2.21. The second-order valence-electron chi connectivity index (χ2n) is 4.17. The number of carboxylic acids is 1. The van der Waals surface area contributed by atoms with E-state index in [0.29, 0.717) is 0 Å². The molecule has 0 unspecified atom stereocenters. The highest BCUT2D eigenvalue weighted by atomic mass is 16.4. The predicted molar refractivity (Wildman–Crippen MR) is 67.0 cm³/mol. The van der Waals surface area contributed by atoms with Crippen molar-refractivity contribution in [1.82, 2.24) is 4.90 Å². The van der Waals surface area contributed by atoms with Crippen molar-refractivity contribution in [3.8, 4) is 5.75 Å². The Labute approximate surface area is 105 Å². The third-order valence-corrected chi connectivity index (χ3v) is 2.57. The lowest BCUT2D eigenvalue weighted by atomic mass is 10.1. The van der Waals surface area contributed by atoms with Gasteiger partial charge in [0.05, 0.1) is 11.3 Å². The molecule has 6 nitrogen and oxygen atoms in total. The second kappa shape index (κ2) is 5.39. The maximum absolute atomic E-state index is 11.8. The molecule has 3 N–H and O–H groups in total. The number of anilines is 1. The molecular weight excluding hydrogens is 236 g/mol. The van der Waals surface area contributed by atoms with E-state index in [0.717, 1.165) is 6.07 Å². The van der Waals surface area contributed by atoms with Crippen molar-refractivity contribution >= 4 is 17.7 Å². The molecule has 0 radical (unpaired) electrons. The smallest absolute Gasteiger partial charge is 0.337 e. The van der Waals surface area contributed by atoms with E-state index < -0.39 is 12.0 Å². The lowest BCUT2D eigenvalue weighted by molar-refractivity contribution is 0.0697. The zero-order valence-electron chi connectivity index (χ0n) is 10.5. The summed E-state index contributed by atoms with van der Waals surface area (Å²) >= 11 is 0. The summed E-state index contributed by atoms with van der Waals surface area (Å²) in [5, 5.41) is 20.7. The van der Waals surface area contributed by atoms with Gasteiger partial charge in [0.1, 0.15) is 5.75 Å². The largest absolute Gasteiger partial charge is 0.508 e. The Hall–Kier alpha value is -2.24. The number of aromatic carboxylic acids is 1. The number of urea groups is 1. The number of hydrogen-bond donors (Lipinski definition) is 3. The van der Waals surface area contributed by atoms with Crippen molar-refractivity contribution in [2.45, 2.75) is 19.9 Å². The van der Waals surface area contributed by atoms with Gasteiger partial charge in [0, 0.05) is 13.1 Å². The number of amides is 2. The molecule has 1 aromatic carbocycles. The fraction of sp³-hybridized carbons (Fsp3) is 0.333. The maximum atomic E-state index is 11.8. The summed E-state index contributed by atoms with van der Waals surface area (Å²) in [5.41, 5.74) is -0.00157. The molecule has 0 aromatic heterocycles. The molecule has 98 valence electrons. The molecule has 0 bridgehead atoms. The van der Waals surface area contributed by atoms with Crippen molar-refractivity contribution in [3.05, 3.63) is 23.8 Å². The summed E-state index contributed by atoms with van der Waals surface area (Å²) in [7, 11) is 1.61. The molecule has 0 aliphatic carbocycles. The number of carbonyl (C=O) groups is 2. The summed E-state index contributed by atoms with van der Waals surface area (Å²) < 4.78 is 0. The van der Waals surface area contributed by atoms with Crippen LogP contribution in [0.15, 0.2) is 18.2 Å². The molecule has 0 fully saturated rings. The average Bonchev–Trinajstić information content (AvgIpc) is 2.29. The monoisotopic (exact) mass is 252 g/mol. The van der Waals surface area contributed by atoms with E-state index in [-0.39, 0.29) is 23.0 Å². The van der Waals surface area contributed by atoms with Gasteiger partial charge in [0.25, 0.3) is 0 Å². The quantitative estimate of drug-likeness (QED) is 0.717. The number of benzene rings is 1. The Morgan fingerprint density at radius 1 is 1.33 bits per heavy atom. The third-order valence-electron chi connectivity index (χ3n) is 2.57. The van der Waals surface area contributed by atoms with Crippen LogP contribution >= 0.6 is 0 Å². The summed E-state index contributed by atoms with van der Waals surface area (Å²) in [4.78, 5) is 24.2. The van der Waals surface area contributed by atoms with Gasteiger partial charge in [-0.2, -0.15) is 0 Å². The van der Waals surface area contributed by atoms with Crippen LogP contribution in [0.4, 0.5) is 10.5 Å². The Bertz CT molecular complexity index is 471. The van der Waals surface area contributed by atoms with Gasteiger partial charge in [-0.25, -0.2) is 9.59 Å². The van der Waals surface area contributed by atoms with E-state index in [1.807, 2.05) is 13.8 Å². The van der Waals surface area contributed by atoms with Crippen molar-refractivity contribution in [2.24, 2.45) is 0 Å². The standard InChI is InChI=1S/C12H16N2O4/c1-7(2)14(3)12(18)13-10-5-4-8(15)6-9(10)11(16)17/h4-7,15H,1-3H3,(H,13,18)(H,16,17). The van der Waals surface area contributed by atoms with Crippen LogP contribution in [0.2, 0.25) is 0 Å². The number of nitrogens with one attached hydrogen (secondary N) is 1. The average molecular weight is 252 g/mol. The number of aromatic hydroxyl groups is 1. The number of hydrogen-bond acceptors (Lipinski definition) is 3. The normalized spacial score (nSPS) is 10.2. The lowest BCUT2D eigenvalue weighted by Gasteiger charge is -2.22. The minimum atomic E-state index is -1.21. The van der Waals surface area contributed by atoms with Crippen LogP contribution in [-0.4, -0.2) is 40.2 Å². The zero-order chi connectivity index (χ0) is 13.9. The van der Waals surface area contributed by atoms with Gasteiger partial charge in [-0.3, -0.25) is 0 Å². The highest BCUT2D eigenvalue weighted by molar-refractivity contribution is 6.00. The SMILES string of the molecule is CC(C)N(C)C(=O)Nc1ccc(O)cc1C(=O)O. The van der Waals surface area contributed by atoms with Gasteiger partial charge in [0.2, 0.25) is 0 Å². The summed E-state index contributed by atoms with van der Waals surface area (Å²) in [6.45, 7) is 3.68. The van der Waals surface area contributed by atoms with Crippen LogP contribution in [0, 0.1) is 0 Å². The second-order valence-corrected chi connectivity index (χ2v) is 4.17. The van der Waals surface area contributed by atoms with Crippen molar-refractivity contribution < 1.29 is 19.8 Å².